The summed E-state index contributed by atoms with van der Waals surface area (Å²) in [7, 11) is 1.92. The number of para-hydroxylation sites is 2. The first-order valence-electron chi connectivity index (χ1n) is 9.63. The largest absolute Gasteiger partial charge is 0.438 e. The second-order valence-corrected chi connectivity index (χ2v) is 7.49. The normalized spacial score (nSPS) is 18.8. The molecule has 6 nitrogen and oxygen atoms in total. The van der Waals surface area contributed by atoms with Crippen molar-refractivity contribution in [1.82, 2.24) is 19.7 Å². The van der Waals surface area contributed by atoms with Crippen LogP contribution < -0.4 is 0 Å². The Bertz CT molecular complexity index is 954. The number of piperidine rings is 1. The van der Waals surface area contributed by atoms with Gasteiger partial charge in [0.15, 0.2) is 5.58 Å². The van der Waals surface area contributed by atoms with Gasteiger partial charge in [-0.1, -0.05) is 12.1 Å². The summed E-state index contributed by atoms with van der Waals surface area (Å²) in [5, 5.41) is 4.48. The highest BCUT2D eigenvalue weighted by molar-refractivity contribution is 5.84. The lowest BCUT2D eigenvalue weighted by Crippen LogP contribution is -2.41. The average Bonchev–Trinajstić information content (AvgIpc) is 3.21. The van der Waals surface area contributed by atoms with E-state index in [1.54, 1.807) is 0 Å². The second-order valence-electron chi connectivity index (χ2n) is 7.49. The van der Waals surface area contributed by atoms with Crippen molar-refractivity contribution in [1.29, 1.82) is 0 Å². The zero-order valence-electron chi connectivity index (χ0n) is 16.4. The van der Waals surface area contributed by atoms with E-state index in [0.29, 0.717) is 5.89 Å². The number of hydrogen-bond acceptors (Lipinski definition) is 4. The lowest BCUT2D eigenvalue weighted by Gasteiger charge is -2.35. The molecule has 0 N–H and O–H groups in total. The van der Waals surface area contributed by atoms with Gasteiger partial charge < -0.3 is 9.32 Å². The molecule has 2 atom stereocenters. The van der Waals surface area contributed by atoms with E-state index in [2.05, 4.69) is 10.1 Å². The van der Waals surface area contributed by atoms with Gasteiger partial charge in [-0.3, -0.25) is 9.48 Å². The van der Waals surface area contributed by atoms with Crippen LogP contribution in [0.5, 0.6) is 0 Å². The van der Waals surface area contributed by atoms with E-state index in [0.717, 1.165) is 53.9 Å². The standard InChI is InChI=1S/C21H26N4O2/c1-13(19-14(2)23-24(4)15(19)3)21(26)25-12-8-7-10-17(25)20-22-16-9-5-6-11-18(16)27-20/h5-6,9,11,13,17H,7-8,10,12H2,1-4H3. The van der Waals surface area contributed by atoms with Crippen molar-refractivity contribution in [2.24, 2.45) is 7.05 Å². The third kappa shape index (κ3) is 3.03. The van der Waals surface area contributed by atoms with Crippen molar-refractivity contribution in [3.05, 3.63) is 47.1 Å². The van der Waals surface area contributed by atoms with Crippen molar-refractivity contribution in [3.63, 3.8) is 0 Å². The summed E-state index contributed by atoms with van der Waals surface area (Å²) in [6.45, 7) is 6.72. The SMILES string of the molecule is Cc1nn(C)c(C)c1C(C)C(=O)N1CCCCC1c1nc2ccccc2o1. The number of benzene rings is 1. The average molecular weight is 366 g/mol. The molecule has 0 radical (unpaired) electrons. The molecule has 1 amide bonds. The summed E-state index contributed by atoms with van der Waals surface area (Å²) in [6, 6.07) is 7.66. The highest BCUT2D eigenvalue weighted by Gasteiger charge is 2.35. The molecule has 142 valence electrons. The fraction of sp³-hybridized carbons (Fsp3) is 0.476. The maximum atomic E-state index is 13.4. The smallest absolute Gasteiger partial charge is 0.230 e. The first kappa shape index (κ1) is 17.8. The molecule has 1 aliphatic rings. The molecule has 2 unspecified atom stereocenters. The predicted molar refractivity (Wildman–Crippen MR) is 103 cm³/mol. The number of carbonyl (C=O) groups excluding carboxylic acids is 1. The van der Waals surface area contributed by atoms with Gasteiger partial charge in [-0.15, -0.1) is 0 Å². The molecule has 1 aromatic carbocycles. The van der Waals surface area contributed by atoms with Gasteiger partial charge in [-0.2, -0.15) is 5.10 Å². The van der Waals surface area contributed by atoms with E-state index in [1.807, 2.05) is 61.7 Å². The fourth-order valence-corrected chi connectivity index (χ4v) is 4.27. The predicted octanol–water partition coefficient (Wildman–Crippen LogP) is 4.04. The van der Waals surface area contributed by atoms with Crippen LogP contribution in [0.4, 0.5) is 0 Å². The van der Waals surface area contributed by atoms with E-state index in [-0.39, 0.29) is 17.9 Å². The Morgan fingerprint density at radius 1 is 1.26 bits per heavy atom. The first-order chi connectivity index (χ1) is 13.0. The van der Waals surface area contributed by atoms with Gasteiger partial charge in [0.05, 0.1) is 11.6 Å². The number of amides is 1. The molecule has 4 rings (SSSR count). The van der Waals surface area contributed by atoms with Gasteiger partial charge in [-0.05, 0) is 52.2 Å². The van der Waals surface area contributed by atoms with Crippen LogP contribution >= 0.6 is 0 Å². The molecule has 1 aliphatic heterocycles. The third-order valence-corrected chi connectivity index (χ3v) is 5.75. The van der Waals surface area contributed by atoms with Gasteiger partial charge >= 0.3 is 0 Å². The van der Waals surface area contributed by atoms with Crippen molar-refractivity contribution in [2.75, 3.05) is 6.54 Å². The molecule has 3 aromatic rings. The number of aromatic nitrogens is 3. The van der Waals surface area contributed by atoms with E-state index in [9.17, 15) is 4.79 Å². The summed E-state index contributed by atoms with van der Waals surface area (Å²) in [5.74, 6) is 0.543. The first-order valence-corrected chi connectivity index (χ1v) is 9.63. The monoisotopic (exact) mass is 366 g/mol. The fourth-order valence-electron chi connectivity index (χ4n) is 4.27. The Balaban J connectivity index is 1.66. The summed E-state index contributed by atoms with van der Waals surface area (Å²) in [4.78, 5) is 20.1. The molecule has 1 fully saturated rings. The second kappa shape index (κ2) is 6.83. The minimum absolute atomic E-state index is 0.0987. The number of fused-ring (bicyclic) bond motifs is 1. The lowest BCUT2D eigenvalue weighted by molar-refractivity contribution is -0.137. The zero-order chi connectivity index (χ0) is 19.1. The molecule has 3 heterocycles. The molecule has 6 heteroatoms. The van der Waals surface area contributed by atoms with Crippen LogP contribution in [0.15, 0.2) is 28.7 Å². The number of likely N-dealkylation sites (tertiary alicyclic amines) is 1. The lowest BCUT2D eigenvalue weighted by atomic mass is 9.94. The van der Waals surface area contributed by atoms with E-state index < -0.39 is 0 Å². The molecule has 1 saturated heterocycles. The Labute approximate surface area is 159 Å². The molecule has 0 aliphatic carbocycles. The van der Waals surface area contributed by atoms with Crippen molar-refractivity contribution < 1.29 is 9.21 Å². The molecule has 0 spiro atoms. The number of oxazole rings is 1. The number of nitrogens with zero attached hydrogens (tertiary/aromatic N) is 4. The summed E-state index contributed by atoms with van der Waals surface area (Å²) in [5.41, 5.74) is 4.62. The summed E-state index contributed by atoms with van der Waals surface area (Å²) in [6.07, 6.45) is 2.98. The summed E-state index contributed by atoms with van der Waals surface area (Å²) < 4.78 is 7.85. The van der Waals surface area contributed by atoms with Gasteiger partial charge in [-0.25, -0.2) is 4.98 Å². The summed E-state index contributed by atoms with van der Waals surface area (Å²) >= 11 is 0. The van der Waals surface area contributed by atoms with Crippen LogP contribution in [0.2, 0.25) is 0 Å². The van der Waals surface area contributed by atoms with Crippen LogP contribution in [0.1, 0.15) is 61.0 Å². The number of rotatable bonds is 3. The minimum Gasteiger partial charge on any atom is -0.438 e. The Morgan fingerprint density at radius 3 is 2.74 bits per heavy atom. The van der Waals surface area contributed by atoms with Crippen LogP contribution in [0.3, 0.4) is 0 Å². The Kier molecular flexibility index (Phi) is 4.50. The molecule has 0 saturated carbocycles. The van der Waals surface area contributed by atoms with Crippen LogP contribution in [0, 0.1) is 13.8 Å². The number of aryl methyl sites for hydroxylation is 2. The highest BCUT2D eigenvalue weighted by Crippen LogP contribution is 2.35. The third-order valence-electron chi connectivity index (χ3n) is 5.75. The molecule has 0 bridgehead atoms. The Morgan fingerprint density at radius 2 is 2.04 bits per heavy atom. The van der Waals surface area contributed by atoms with Crippen LogP contribution in [-0.4, -0.2) is 32.1 Å². The molecular formula is C21H26N4O2. The van der Waals surface area contributed by atoms with Gasteiger partial charge in [0, 0.05) is 24.8 Å². The van der Waals surface area contributed by atoms with E-state index in [1.165, 1.54) is 0 Å². The van der Waals surface area contributed by atoms with E-state index in [4.69, 9.17) is 4.42 Å². The van der Waals surface area contributed by atoms with E-state index >= 15 is 0 Å². The molecular weight excluding hydrogens is 340 g/mol. The number of carbonyl (C=O) groups is 1. The maximum Gasteiger partial charge on any atom is 0.230 e. The van der Waals surface area contributed by atoms with Gasteiger partial charge in [0.25, 0.3) is 0 Å². The van der Waals surface area contributed by atoms with Crippen molar-refractivity contribution >= 4 is 17.0 Å². The number of hydrogen-bond donors (Lipinski definition) is 0. The quantitative estimate of drug-likeness (QED) is 0.702. The maximum absolute atomic E-state index is 13.4. The minimum atomic E-state index is -0.233. The highest BCUT2D eigenvalue weighted by atomic mass is 16.3. The Hall–Kier alpha value is -2.63. The van der Waals surface area contributed by atoms with Crippen LogP contribution in [0.25, 0.3) is 11.1 Å². The van der Waals surface area contributed by atoms with Gasteiger partial charge in [0.2, 0.25) is 11.8 Å². The van der Waals surface area contributed by atoms with Crippen LogP contribution in [-0.2, 0) is 11.8 Å². The zero-order valence-corrected chi connectivity index (χ0v) is 16.4. The van der Waals surface area contributed by atoms with Crippen molar-refractivity contribution in [3.8, 4) is 0 Å². The molecule has 27 heavy (non-hydrogen) atoms. The van der Waals surface area contributed by atoms with Gasteiger partial charge in [0.1, 0.15) is 11.6 Å². The topological polar surface area (TPSA) is 64.2 Å². The van der Waals surface area contributed by atoms with Crippen molar-refractivity contribution in [2.45, 2.75) is 52.0 Å². The molecule has 2 aromatic heterocycles.